The van der Waals surface area contributed by atoms with E-state index in [0.29, 0.717) is 5.92 Å². The Morgan fingerprint density at radius 1 is 0.962 bits per heavy atom. The van der Waals surface area contributed by atoms with Crippen molar-refractivity contribution in [1.82, 2.24) is 0 Å². The van der Waals surface area contributed by atoms with Gasteiger partial charge in [0.25, 0.3) is 0 Å². The minimum absolute atomic E-state index is 0.0207. The van der Waals surface area contributed by atoms with E-state index in [2.05, 4.69) is 20.8 Å². The van der Waals surface area contributed by atoms with Gasteiger partial charge in [-0.1, -0.05) is 46.5 Å². The first-order valence-corrected chi connectivity index (χ1v) is 11.4. The van der Waals surface area contributed by atoms with E-state index in [9.17, 15) is 4.79 Å². The van der Waals surface area contributed by atoms with Crippen LogP contribution in [-0.4, -0.2) is 18.4 Å². The number of fused-ring (bicyclic) bond motifs is 5. The molecule has 4 saturated carbocycles. The van der Waals surface area contributed by atoms with Crippen molar-refractivity contribution < 1.29 is 14.3 Å². The minimum atomic E-state index is -0.0207. The summed E-state index contributed by atoms with van der Waals surface area (Å²) in [5.74, 6) is 5.00. The Balaban J connectivity index is 1.34. The molecule has 7 atom stereocenters. The normalized spacial score (nSPS) is 43.0. The summed E-state index contributed by atoms with van der Waals surface area (Å²) in [6.07, 6.45) is 12.1. The van der Waals surface area contributed by atoms with Gasteiger partial charge in [-0.15, -0.1) is 0 Å². The Hall–Kier alpha value is -0.570. The molecule has 0 aromatic heterocycles. The van der Waals surface area contributed by atoms with Crippen LogP contribution in [0.3, 0.4) is 0 Å². The third-order valence-electron chi connectivity index (χ3n) is 8.90. The lowest BCUT2D eigenvalue weighted by Crippen LogP contribution is -2.36. The third kappa shape index (κ3) is 3.02. The molecule has 0 aliphatic heterocycles. The smallest absolute Gasteiger partial charge is 0.311 e. The van der Waals surface area contributed by atoms with Crippen molar-refractivity contribution in [2.45, 2.75) is 90.6 Å². The van der Waals surface area contributed by atoms with E-state index in [1.54, 1.807) is 0 Å². The number of carbonyl (C=O) groups excluding carboxylic acids is 1. The molecule has 0 spiro atoms. The van der Waals surface area contributed by atoms with Crippen molar-refractivity contribution >= 4 is 5.97 Å². The molecule has 0 N–H and O–H groups in total. The van der Waals surface area contributed by atoms with Gasteiger partial charge in [-0.25, -0.2) is 0 Å². The fourth-order valence-corrected chi connectivity index (χ4v) is 7.60. The highest BCUT2D eigenvalue weighted by molar-refractivity contribution is 5.73. The van der Waals surface area contributed by atoms with Crippen LogP contribution in [0, 0.1) is 41.4 Å². The summed E-state index contributed by atoms with van der Waals surface area (Å²) in [6, 6.07) is 0. The highest BCUT2D eigenvalue weighted by Crippen LogP contribution is 2.65. The number of hydrogen-bond acceptors (Lipinski definition) is 3. The molecule has 0 aromatic rings. The van der Waals surface area contributed by atoms with Gasteiger partial charge in [-0.3, -0.25) is 4.79 Å². The first-order valence-electron chi connectivity index (χ1n) is 11.4. The molecular weight excluding hydrogens is 324 g/mol. The molecule has 3 nitrogen and oxygen atoms in total. The summed E-state index contributed by atoms with van der Waals surface area (Å²) in [5.41, 5.74) is -0.0207. The molecule has 0 saturated heterocycles. The van der Waals surface area contributed by atoms with Crippen molar-refractivity contribution in [3.63, 3.8) is 0 Å². The van der Waals surface area contributed by atoms with Gasteiger partial charge in [-0.05, 0) is 74.0 Å². The van der Waals surface area contributed by atoms with E-state index in [4.69, 9.17) is 9.47 Å². The summed E-state index contributed by atoms with van der Waals surface area (Å²) in [4.78, 5) is 12.8. The fourth-order valence-electron chi connectivity index (χ4n) is 7.60. The molecule has 3 heteroatoms. The van der Waals surface area contributed by atoms with Crippen molar-refractivity contribution in [2.24, 2.45) is 41.4 Å². The zero-order chi connectivity index (χ0) is 18.3. The van der Waals surface area contributed by atoms with Crippen LogP contribution >= 0.6 is 0 Å². The van der Waals surface area contributed by atoms with Crippen LogP contribution in [0.15, 0.2) is 0 Å². The molecule has 0 radical (unpaired) electrons. The summed E-state index contributed by atoms with van der Waals surface area (Å²) in [5, 5.41) is 0. The Morgan fingerprint density at radius 2 is 1.65 bits per heavy atom. The maximum atomic E-state index is 12.8. The van der Waals surface area contributed by atoms with E-state index in [0.717, 1.165) is 55.3 Å². The van der Waals surface area contributed by atoms with Crippen LogP contribution in [0.25, 0.3) is 0 Å². The van der Waals surface area contributed by atoms with E-state index >= 15 is 0 Å². The molecule has 7 unspecified atom stereocenters. The Labute approximate surface area is 159 Å². The van der Waals surface area contributed by atoms with Gasteiger partial charge in [0.1, 0.15) is 0 Å². The van der Waals surface area contributed by atoms with Crippen LogP contribution in [0.2, 0.25) is 0 Å². The van der Waals surface area contributed by atoms with Gasteiger partial charge in [0.15, 0.2) is 6.79 Å². The number of ether oxygens (including phenoxy) is 2. The monoisotopic (exact) mass is 362 g/mol. The lowest BCUT2D eigenvalue weighted by molar-refractivity contribution is -0.180. The van der Waals surface area contributed by atoms with Crippen molar-refractivity contribution in [3.05, 3.63) is 0 Å². The average Bonchev–Trinajstić information content (AvgIpc) is 3.41. The van der Waals surface area contributed by atoms with Gasteiger partial charge in [-0.2, -0.15) is 0 Å². The predicted octanol–water partition coefficient (Wildman–Crippen LogP) is 5.57. The highest BCUT2D eigenvalue weighted by atomic mass is 16.7. The van der Waals surface area contributed by atoms with Gasteiger partial charge >= 0.3 is 5.97 Å². The molecule has 26 heavy (non-hydrogen) atoms. The lowest BCUT2D eigenvalue weighted by atomic mass is 9.70. The second-order valence-corrected chi connectivity index (χ2v) is 9.70. The Morgan fingerprint density at radius 3 is 2.31 bits per heavy atom. The van der Waals surface area contributed by atoms with Gasteiger partial charge in [0.05, 0.1) is 11.5 Å². The largest absolute Gasteiger partial charge is 0.438 e. The molecule has 2 bridgehead atoms. The molecule has 4 rings (SSSR count). The fraction of sp³-hybridized carbons (Fsp3) is 0.957. The van der Waals surface area contributed by atoms with Crippen molar-refractivity contribution in [2.75, 3.05) is 6.79 Å². The topological polar surface area (TPSA) is 35.5 Å². The SMILES string of the molecule is CCC1CC(CC)C2C3CC(CC3C(=O)OCOC3(CC)CCCC3)C12. The molecule has 4 aliphatic carbocycles. The molecule has 0 aromatic carbocycles. The van der Waals surface area contributed by atoms with E-state index in [1.807, 2.05) is 0 Å². The number of rotatable bonds is 7. The van der Waals surface area contributed by atoms with Crippen LogP contribution in [0.4, 0.5) is 0 Å². The number of carbonyl (C=O) groups is 1. The average molecular weight is 363 g/mol. The molecule has 4 aliphatic rings. The quantitative estimate of drug-likeness (QED) is 0.439. The van der Waals surface area contributed by atoms with Crippen LogP contribution in [0.5, 0.6) is 0 Å². The molecule has 4 fully saturated rings. The Bertz CT molecular complexity index is 510. The number of esters is 1. The van der Waals surface area contributed by atoms with E-state index < -0.39 is 0 Å². The molecule has 148 valence electrons. The summed E-state index contributed by atoms with van der Waals surface area (Å²) in [6.45, 7) is 7.07. The molecule has 0 amide bonds. The van der Waals surface area contributed by atoms with Crippen molar-refractivity contribution in [3.8, 4) is 0 Å². The van der Waals surface area contributed by atoms with Gasteiger partial charge < -0.3 is 9.47 Å². The number of hydrogen-bond donors (Lipinski definition) is 0. The second-order valence-electron chi connectivity index (χ2n) is 9.70. The van der Waals surface area contributed by atoms with Crippen LogP contribution < -0.4 is 0 Å². The van der Waals surface area contributed by atoms with Gasteiger partial charge in [0, 0.05) is 0 Å². The zero-order valence-corrected chi connectivity index (χ0v) is 17.0. The zero-order valence-electron chi connectivity index (χ0n) is 17.0. The minimum Gasteiger partial charge on any atom is -0.438 e. The van der Waals surface area contributed by atoms with Crippen LogP contribution in [0.1, 0.15) is 85.0 Å². The summed E-state index contributed by atoms with van der Waals surface area (Å²) < 4.78 is 11.7. The first-order chi connectivity index (χ1) is 12.6. The van der Waals surface area contributed by atoms with Gasteiger partial charge in [0.2, 0.25) is 0 Å². The standard InChI is InChI=1S/C23H38O3/c1-4-15-11-16(5-2)21-18-12-17(20(15)21)13-19(18)22(24)25-14-26-23(6-3)9-7-8-10-23/h15-21H,4-14H2,1-3H3. The highest BCUT2D eigenvalue weighted by Gasteiger charge is 2.61. The Kier molecular flexibility index (Phi) is 5.38. The second kappa shape index (κ2) is 7.45. The van der Waals surface area contributed by atoms with E-state index in [-0.39, 0.29) is 24.3 Å². The summed E-state index contributed by atoms with van der Waals surface area (Å²) in [7, 11) is 0. The lowest BCUT2D eigenvalue weighted by Gasteiger charge is -2.35. The van der Waals surface area contributed by atoms with E-state index in [1.165, 1.54) is 38.5 Å². The third-order valence-corrected chi connectivity index (χ3v) is 8.90. The molecular formula is C23H38O3. The predicted molar refractivity (Wildman–Crippen MR) is 102 cm³/mol. The molecule has 0 heterocycles. The van der Waals surface area contributed by atoms with Crippen molar-refractivity contribution in [1.29, 1.82) is 0 Å². The maximum Gasteiger partial charge on any atom is 0.311 e. The summed E-state index contributed by atoms with van der Waals surface area (Å²) >= 11 is 0. The van der Waals surface area contributed by atoms with Crippen LogP contribution in [-0.2, 0) is 14.3 Å². The first kappa shape index (κ1) is 18.8. The maximum absolute atomic E-state index is 12.8.